The zero-order valence-corrected chi connectivity index (χ0v) is 12.1. The molecule has 1 amide bonds. The van der Waals surface area contributed by atoms with Gasteiger partial charge in [-0.1, -0.05) is 25.1 Å². The predicted molar refractivity (Wildman–Crippen MR) is 84.5 cm³/mol. The van der Waals surface area contributed by atoms with E-state index in [0.29, 0.717) is 12.1 Å². The van der Waals surface area contributed by atoms with Gasteiger partial charge in [-0.05, 0) is 42.3 Å². The van der Waals surface area contributed by atoms with Gasteiger partial charge in [-0.25, -0.2) is 0 Å². The SMILES string of the molecule is CCCOc1ccc(CNc2cccc(C(N)=O)c2)cc1. The predicted octanol–water partition coefficient (Wildman–Crippen LogP) is 3.19. The number of hydrogen-bond donors (Lipinski definition) is 2. The number of rotatable bonds is 7. The van der Waals surface area contributed by atoms with Gasteiger partial charge in [-0.15, -0.1) is 0 Å². The summed E-state index contributed by atoms with van der Waals surface area (Å²) in [6, 6.07) is 15.1. The molecule has 0 aliphatic carbocycles. The van der Waals surface area contributed by atoms with Crippen LogP contribution in [0.2, 0.25) is 0 Å². The van der Waals surface area contributed by atoms with E-state index in [4.69, 9.17) is 10.5 Å². The maximum atomic E-state index is 11.1. The first-order chi connectivity index (χ1) is 10.2. The number of nitrogens with one attached hydrogen (secondary N) is 1. The van der Waals surface area contributed by atoms with Gasteiger partial charge < -0.3 is 15.8 Å². The number of ether oxygens (including phenoxy) is 1. The molecule has 2 aromatic carbocycles. The lowest BCUT2D eigenvalue weighted by Gasteiger charge is -2.09. The summed E-state index contributed by atoms with van der Waals surface area (Å²) in [6.07, 6.45) is 1.000. The molecule has 0 aliphatic heterocycles. The summed E-state index contributed by atoms with van der Waals surface area (Å²) in [5.41, 5.74) is 7.78. The number of anilines is 1. The minimum atomic E-state index is -0.420. The summed E-state index contributed by atoms with van der Waals surface area (Å²) < 4.78 is 5.54. The molecule has 0 saturated heterocycles. The molecule has 0 aliphatic rings. The normalized spacial score (nSPS) is 10.1. The molecular formula is C17H20N2O2. The number of primary amides is 1. The molecule has 3 N–H and O–H groups in total. The second-order valence-corrected chi connectivity index (χ2v) is 4.79. The Hall–Kier alpha value is -2.49. The molecule has 0 aromatic heterocycles. The Kier molecular flexibility index (Phi) is 5.21. The van der Waals surface area contributed by atoms with Gasteiger partial charge in [0.05, 0.1) is 6.61 Å². The number of carbonyl (C=O) groups is 1. The van der Waals surface area contributed by atoms with E-state index in [9.17, 15) is 4.79 Å². The second kappa shape index (κ2) is 7.33. The first kappa shape index (κ1) is 14.9. The molecule has 0 saturated carbocycles. The summed E-state index contributed by atoms with van der Waals surface area (Å²) >= 11 is 0. The third kappa shape index (κ3) is 4.53. The van der Waals surface area contributed by atoms with Crippen molar-refractivity contribution in [2.24, 2.45) is 5.73 Å². The van der Waals surface area contributed by atoms with Crippen LogP contribution in [0, 0.1) is 0 Å². The van der Waals surface area contributed by atoms with E-state index in [1.54, 1.807) is 12.1 Å². The smallest absolute Gasteiger partial charge is 0.248 e. The lowest BCUT2D eigenvalue weighted by molar-refractivity contribution is 0.100. The Balaban J connectivity index is 1.93. The largest absolute Gasteiger partial charge is 0.494 e. The Labute approximate surface area is 124 Å². The highest BCUT2D eigenvalue weighted by Crippen LogP contribution is 2.15. The van der Waals surface area contributed by atoms with Crippen molar-refractivity contribution in [3.05, 3.63) is 59.7 Å². The maximum Gasteiger partial charge on any atom is 0.248 e. The first-order valence-electron chi connectivity index (χ1n) is 7.04. The van der Waals surface area contributed by atoms with Gasteiger partial charge in [-0.3, -0.25) is 4.79 Å². The van der Waals surface area contributed by atoms with Crippen LogP contribution >= 0.6 is 0 Å². The zero-order chi connectivity index (χ0) is 15.1. The van der Waals surface area contributed by atoms with E-state index in [1.165, 1.54) is 0 Å². The number of amides is 1. The van der Waals surface area contributed by atoms with Crippen LogP contribution in [0.1, 0.15) is 29.3 Å². The van der Waals surface area contributed by atoms with Gasteiger partial charge in [0, 0.05) is 17.8 Å². The Morgan fingerprint density at radius 1 is 1.19 bits per heavy atom. The maximum absolute atomic E-state index is 11.1. The van der Waals surface area contributed by atoms with Crippen molar-refractivity contribution >= 4 is 11.6 Å². The molecule has 2 aromatic rings. The van der Waals surface area contributed by atoms with Crippen LogP contribution in [0.3, 0.4) is 0 Å². The third-order valence-corrected chi connectivity index (χ3v) is 3.04. The first-order valence-corrected chi connectivity index (χ1v) is 7.04. The molecule has 0 heterocycles. The second-order valence-electron chi connectivity index (χ2n) is 4.79. The van der Waals surface area contributed by atoms with Crippen LogP contribution in [-0.2, 0) is 6.54 Å². The average molecular weight is 284 g/mol. The molecule has 4 nitrogen and oxygen atoms in total. The summed E-state index contributed by atoms with van der Waals surface area (Å²) in [5.74, 6) is 0.465. The average Bonchev–Trinajstić information content (AvgIpc) is 2.52. The minimum Gasteiger partial charge on any atom is -0.494 e. The molecule has 4 heteroatoms. The highest BCUT2D eigenvalue weighted by Gasteiger charge is 2.01. The molecule has 0 bridgehead atoms. The monoisotopic (exact) mass is 284 g/mol. The molecule has 0 fully saturated rings. The molecule has 0 radical (unpaired) electrons. The van der Waals surface area contributed by atoms with E-state index in [-0.39, 0.29) is 0 Å². The molecule has 0 spiro atoms. The molecule has 2 rings (SSSR count). The van der Waals surface area contributed by atoms with Crippen LogP contribution in [0.5, 0.6) is 5.75 Å². The van der Waals surface area contributed by atoms with Crippen LogP contribution in [0.25, 0.3) is 0 Å². The lowest BCUT2D eigenvalue weighted by Crippen LogP contribution is -2.11. The fraction of sp³-hybridized carbons (Fsp3) is 0.235. The van der Waals surface area contributed by atoms with Crippen molar-refractivity contribution in [1.29, 1.82) is 0 Å². The van der Waals surface area contributed by atoms with Gasteiger partial charge in [0.25, 0.3) is 0 Å². The van der Waals surface area contributed by atoms with Crippen molar-refractivity contribution in [1.82, 2.24) is 0 Å². The van der Waals surface area contributed by atoms with Gasteiger partial charge >= 0.3 is 0 Å². The molecule has 110 valence electrons. The van der Waals surface area contributed by atoms with Crippen LogP contribution < -0.4 is 15.8 Å². The van der Waals surface area contributed by atoms with Crippen molar-refractivity contribution in [3.8, 4) is 5.75 Å². The summed E-state index contributed by atoms with van der Waals surface area (Å²) in [4.78, 5) is 11.1. The van der Waals surface area contributed by atoms with Crippen LogP contribution in [0.15, 0.2) is 48.5 Å². The van der Waals surface area contributed by atoms with Crippen molar-refractivity contribution in [3.63, 3.8) is 0 Å². The van der Waals surface area contributed by atoms with Crippen LogP contribution in [-0.4, -0.2) is 12.5 Å². The number of nitrogens with two attached hydrogens (primary N) is 1. The highest BCUT2D eigenvalue weighted by atomic mass is 16.5. The topological polar surface area (TPSA) is 64.3 Å². The standard InChI is InChI=1S/C17H20N2O2/c1-2-10-21-16-8-6-13(7-9-16)12-19-15-5-3-4-14(11-15)17(18)20/h3-9,11,19H,2,10,12H2,1H3,(H2,18,20). The summed E-state index contributed by atoms with van der Waals surface area (Å²) in [6.45, 7) is 3.49. The molecular weight excluding hydrogens is 264 g/mol. The zero-order valence-electron chi connectivity index (χ0n) is 12.1. The number of hydrogen-bond acceptors (Lipinski definition) is 3. The van der Waals surface area contributed by atoms with E-state index in [2.05, 4.69) is 12.2 Å². The van der Waals surface area contributed by atoms with Gasteiger partial charge in [0.2, 0.25) is 5.91 Å². The molecule has 0 atom stereocenters. The van der Waals surface area contributed by atoms with E-state index >= 15 is 0 Å². The molecule has 0 unspecified atom stereocenters. The van der Waals surface area contributed by atoms with Gasteiger partial charge in [0.15, 0.2) is 0 Å². The minimum absolute atomic E-state index is 0.420. The Bertz CT molecular complexity index is 594. The van der Waals surface area contributed by atoms with Crippen LogP contribution in [0.4, 0.5) is 5.69 Å². The molecule has 21 heavy (non-hydrogen) atoms. The van der Waals surface area contributed by atoms with E-state index in [0.717, 1.165) is 30.0 Å². The third-order valence-electron chi connectivity index (χ3n) is 3.04. The Morgan fingerprint density at radius 3 is 2.62 bits per heavy atom. The summed E-state index contributed by atoms with van der Waals surface area (Å²) in [5, 5.41) is 3.27. The Morgan fingerprint density at radius 2 is 1.95 bits per heavy atom. The lowest BCUT2D eigenvalue weighted by atomic mass is 10.1. The quantitative estimate of drug-likeness (QED) is 0.820. The fourth-order valence-corrected chi connectivity index (χ4v) is 1.91. The van der Waals surface area contributed by atoms with Crippen molar-refractivity contribution < 1.29 is 9.53 Å². The fourth-order valence-electron chi connectivity index (χ4n) is 1.91. The van der Waals surface area contributed by atoms with Gasteiger partial charge in [0.1, 0.15) is 5.75 Å². The highest BCUT2D eigenvalue weighted by molar-refractivity contribution is 5.93. The van der Waals surface area contributed by atoms with E-state index in [1.807, 2.05) is 36.4 Å². The van der Waals surface area contributed by atoms with Crippen molar-refractivity contribution in [2.75, 3.05) is 11.9 Å². The number of carbonyl (C=O) groups excluding carboxylic acids is 1. The van der Waals surface area contributed by atoms with Crippen molar-refractivity contribution in [2.45, 2.75) is 19.9 Å². The summed E-state index contributed by atoms with van der Waals surface area (Å²) in [7, 11) is 0. The van der Waals surface area contributed by atoms with Gasteiger partial charge in [-0.2, -0.15) is 0 Å². The van der Waals surface area contributed by atoms with E-state index < -0.39 is 5.91 Å². The number of benzene rings is 2.